The number of nitrogens with zero attached hydrogens (tertiary/aromatic N) is 1. The minimum absolute atomic E-state index is 0.0335. The van der Waals surface area contributed by atoms with Gasteiger partial charge in [0.05, 0.1) is 4.90 Å². The van der Waals surface area contributed by atoms with Crippen LogP contribution < -0.4 is 0 Å². The van der Waals surface area contributed by atoms with Gasteiger partial charge < -0.3 is 5.11 Å². The first kappa shape index (κ1) is 15.9. The molecule has 0 amide bonds. The van der Waals surface area contributed by atoms with Gasteiger partial charge >= 0.3 is 5.97 Å². The Labute approximate surface area is 117 Å². The summed E-state index contributed by atoms with van der Waals surface area (Å²) in [6.45, 7) is 7.64. The van der Waals surface area contributed by atoms with Crippen LogP contribution >= 0.6 is 11.3 Å². The van der Waals surface area contributed by atoms with Crippen molar-refractivity contribution < 1.29 is 18.3 Å². The predicted octanol–water partition coefficient (Wildman–Crippen LogP) is 2.34. The highest BCUT2D eigenvalue weighted by atomic mass is 32.2. The Balaban J connectivity index is 3.24. The molecule has 0 aliphatic heterocycles. The maximum Gasteiger partial charge on any atom is 0.345 e. The molecule has 1 heterocycles. The minimum atomic E-state index is -3.66. The number of carbonyl (C=O) groups is 1. The molecule has 0 aliphatic carbocycles. The Morgan fingerprint density at radius 1 is 1.58 bits per heavy atom. The van der Waals surface area contributed by atoms with Crippen LogP contribution in [-0.2, 0) is 10.0 Å². The van der Waals surface area contributed by atoms with Crippen molar-refractivity contribution in [3.8, 4) is 0 Å². The van der Waals surface area contributed by atoms with Gasteiger partial charge in [0.15, 0.2) is 0 Å². The van der Waals surface area contributed by atoms with Crippen molar-refractivity contribution in [2.24, 2.45) is 0 Å². The molecule has 5 nitrogen and oxygen atoms in total. The van der Waals surface area contributed by atoms with E-state index in [1.807, 2.05) is 6.92 Å². The molecule has 0 aliphatic rings. The van der Waals surface area contributed by atoms with E-state index in [4.69, 9.17) is 5.11 Å². The average molecular weight is 303 g/mol. The zero-order valence-electron chi connectivity index (χ0n) is 10.9. The monoisotopic (exact) mass is 303 g/mol. The molecule has 0 aromatic carbocycles. The maximum absolute atomic E-state index is 12.5. The second-order valence-electron chi connectivity index (χ2n) is 3.99. The van der Waals surface area contributed by atoms with Crippen LogP contribution in [0.3, 0.4) is 0 Å². The summed E-state index contributed by atoms with van der Waals surface area (Å²) in [5.41, 5.74) is 0. The molecule has 0 radical (unpaired) electrons. The molecule has 0 saturated heterocycles. The lowest BCUT2D eigenvalue weighted by Crippen LogP contribution is -2.32. The predicted molar refractivity (Wildman–Crippen MR) is 75.3 cm³/mol. The fourth-order valence-electron chi connectivity index (χ4n) is 1.67. The molecule has 0 unspecified atom stereocenters. The van der Waals surface area contributed by atoms with Gasteiger partial charge in [-0.05, 0) is 19.4 Å². The molecule has 1 N–H and O–H groups in total. The lowest BCUT2D eigenvalue weighted by molar-refractivity contribution is 0.0702. The largest absolute Gasteiger partial charge is 0.477 e. The molecule has 0 bridgehead atoms. The van der Waals surface area contributed by atoms with Gasteiger partial charge in [-0.2, -0.15) is 4.31 Å². The van der Waals surface area contributed by atoms with Crippen molar-refractivity contribution in [3.63, 3.8) is 0 Å². The van der Waals surface area contributed by atoms with Crippen LogP contribution in [0.25, 0.3) is 0 Å². The normalized spacial score (nSPS) is 11.7. The van der Waals surface area contributed by atoms with E-state index in [-0.39, 0.29) is 16.3 Å². The molecule has 1 aromatic rings. The smallest absolute Gasteiger partial charge is 0.345 e. The van der Waals surface area contributed by atoms with E-state index < -0.39 is 16.0 Å². The van der Waals surface area contributed by atoms with Crippen LogP contribution in [0.5, 0.6) is 0 Å². The van der Waals surface area contributed by atoms with Crippen molar-refractivity contribution in [1.29, 1.82) is 0 Å². The van der Waals surface area contributed by atoms with Gasteiger partial charge in [0.25, 0.3) is 0 Å². The van der Waals surface area contributed by atoms with E-state index in [0.29, 0.717) is 17.8 Å². The molecular weight excluding hydrogens is 286 g/mol. The van der Waals surface area contributed by atoms with Crippen LogP contribution in [-0.4, -0.2) is 36.9 Å². The SMILES string of the molecule is C=CCN(CCC)S(=O)(=O)c1cc(C(=O)O)sc1C. The minimum Gasteiger partial charge on any atom is -0.477 e. The summed E-state index contributed by atoms with van der Waals surface area (Å²) in [7, 11) is -3.66. The zero-order chi connectivity index (χ0) is 14.6. The number of rotatable bonds is 7. The van der Waals surface area contributed by atoms with Crippen molar-refractivity contribution in [1.82, 2.24) is 4.31 Å². The highest BCUT2D eigenvalue weighted by Crippen LogP contribution is 2.28. The number of carboxylic acids is 1. The molecule has 1 aromatic heterocycles. The highest BCUT2D eigenvalue weighted by Gasteiger charge is 2.27. The Bertz CT molecular complexity index is 575. The first-order valence-electron chi connectivity index (χ1n) is 5.79. The van der Waals surface area contributed by atoms with Gasteiger partial charge in [0.1, 0.15) is 4.88 Å². The van der Waals surface area contributed by atoms with E-state index in [1.54, 1.807) is 6.92 Å². The molecule has 0 spiro atoms. The third-order valence-corrected chi connectivity index (χ3v) is 5.67. The van der Waals surface area contributed by atoms with Gasteiger partial charge in [-0.25, -0.2) is 13.2 Å². The Kier molecular flexibility index (Phi) is 5.28. The Morgan fingerprint density at radius 2 is 2.21 bits per heavy atom. The summed E-state index contributed by atoms with van der Waals surface area (Å²) in [5.74, 6) is -1.11. The van der Waals surface area contributed by atoms with Crippen molar-refractivity contribution >= 4 is 27.3 Å². The summed E-state index contributed by atoms with van der Waals surface area (Å²) >= 11 is 0.972. The number of carboxylic acid groups (broad SMARTS) is 1. The molecule has 1 rings (SSSR count). The van der Waals surface area contributed by atoms with E-state index in [9.17, 15) is 13.2 Å². The molecule has 0 atom stereocenters. The molecule has 7 heteroatoms. The summed E-state index contributed by atoms with van der Waals surface area (Å²) in [5, 5.41) is 8.92. The van der Waals surface area contributed by atoms with Crippen LogP contribution in [0.4, 0.5) is 0 Å². The van der Waals surface area contributed by atoms with Gasteiger partial charge in [0, 0.05) is 18.0 Å². The van der Waals surface area contributed by atoms with Gasteiger partial charge in [-0.1, -0.05) is 13.0 Å². The molecule has 0 fully saturated rings. The van der Waals surface area contributed by atoms with Crippen LogP contribution in [0.1, 0.15) is 27.9 Å². The lowest BCUT2D eigenvalue weighted by atomic mass is 10.4. The average Bonchev–Trinajstić information content (AvgIpc) is 2.72. The van der Waals surface area contributed by atoms with Gasteiger partial charge in [-0.15, -0.1) is 17.9 Å². The number of aryl methyl sites for hydroxylation is 1. The van der Waals surface area contributed by atoms with Crippen LogP contribution in [0, 0.1) is 6.92 Å². The first-order valence-corrected chi connectivity index (χ1v) is 8.05. The topological polar surface area (TPSA) is 74.7 Å². The second kappa shape index (κ2) is 6.31. The van der Waals surface area contributed by atoms with Crippen molar-refractivity contribution in [3.05, 3.63) is 28.5 Å². The van der Waals surface area contributed by atoms with Crippen molar-refractivity contribution in [2.45, 2.75) is 25.2 Å². The summed E-state index contributed by atoms with van der Waals surface area (Å²) < 4.78 is 26.2. The van der Waals surface area contributed by atoms with E-state index >= 15 is 0 Å². The first-order chi connectivity index (χ1) is 8.84. The van der Waals surface area contributed by atoms with Crippen molar-refractivity contribution in [2.75, 3.05) is 13.1 Å². The number of thiophene rings is 1. The van der Waals surface area contributed by atoms with Gasteiger partial charge in [0.2, 0.25) is 10.0 Å². The van der Waals surface area contributed by atoms with Crippen LogP contribution in [0.15, 0.2) is 23.6 Å². The Hall–Kier alpha value is -1.18. The fourth-order valence-corrected chi connectivity index (χ4v) is 4.57. The third kappa shape index (κ3) is 3.43. The number of sulfonamides is 1. The number of hydrogen-bond acceptors (Lipinski definition) is 4. The molecule has 106 valence electrons. The third-order valence-electron chi connectivity index (χ3n) is 2.51. The summed E-state index contributed by atoms with van der Waals surface area (Å²) in [6.07, 6.45) is 2.20. The standard InChI is InChI=1S/C12H17NO4S2/c1-4-6-13(7-5-2)19(16,17)11-8-10(12(14)15)18-9(11)3/h4,8H,1,5-7H2,2-3H3,(H,14,15). The Morgan fingerprint density at radius 3 is 2.63 bits per heavy atom. The second-order valence-corrected chi connectivity index (χ2v) is 7.15. The number of hydrogen-bond donors (Lipinski definition) is 1. The quantitative estimate of drug-likeness (QED) is 0.785. The van der Waals surface area contributed by atoms with E-state index in [0.717, 1.165) is 11.3 Å². The highest BCUT2D eigenvalue weighted by molar-refractivity contribution is 7.89. The molecule has 19 heavy (non-hydrogen) atoms. The molecule has 0 saturated carbocycles. The van der Waals surface area contributed by atoms with Gasteiger partial charge in [-0.3, -0.25) is 0 Å². The molecular formula is C12H17NO4S2. The van der Waals surface area contributed by atoms with E-state index in [1.165, 1.54) is 16.4 Å². The summed E-state index contributed by atoms with van der Waals surface area (Å²) in [4.78, 5) is 11.5. The summed E-state index contributed by atoms with van der Waals surface area (Å²) in [6, 6.07) is 1.23. The van der Waals surface area contributed by atoms with Crippen LogP contribution in [0.2, 0.25) is 0 Å². The number of aromatic carboxylic acids is 1. The maximum atomic E-state index is 12.5. The van der Waals surface area contributed by atoms with E-state index in [2.05, 4.69) is 6.58 Å². The fraction of sp³-hybridized carbons (Fsp3) is 0.417. The lowest BCUT2D eigenvalue weighted by Gasteiger charge is -2.19. The zero-order valence-corrected chi connectivity index (χ0v) is 12.6.